The summed E-state index contributed by atoms with van der Waals surface area (Å²) in [6, 6.07) is 5.03. The van der Waals surface area contributed by atoms with Crippen LogP contribution in [0.15, 0.2) is 18.2 Å². The number of nitrogen functional groups attached to an aromatic ring is 1. The van der Waals surface area contributed by atoms with Crippen molar-refractivity contribution in [3.05, 3.63) is 29.3 Å². The molecule has 0 aliphatic carbocycles. The summed E-state index contributed by atoms with van der Waals surface area (Å²) in [6.07, 6.45) is 0. The van der Waals surface area contributed by atoms with Crippen molar-refractivity contribution in [3.63, 3.8) is 0 Å². The lowest BCUT2D eigenvalue weighted by atomic mass is 9.97. The van der Waals surface area contributed by atoms with Gasteiger partial charge >= 0.3 is 0 Å². The Balaban J connectivity index is 2.21. The summed E-state index contributed by atoms with van der Waals surface area (Å²) >= 11 is 0. The Hall–Kier alpha value is -2.08. The number of piperazine rings is 1. The number of amides is 2. The zero-order valence-electron chi connectivity index (χ0n) is 11.8. The van der Waals surface area contributed by atoms with Gasteiger partial charge < -0.3 is 16.8 Å². The zero-order valence-corrected chi connectivity index (χ0v) is 11.8. The molecule has 0 aromatic heterocycles. The number of hydrogen-bond acceptors (Lipinski definition) is 4. The minimum absolute atomic E-state index is 0.0103. The standard InChI is InChI=1S/C14H20N4O2/c1-14(2)13(20)17-5-6-18(14)8-10-4-3-9(12(16)19)7-11(10)15/h3-4,7H,5-6,8,15H2,1-2H3,(H2,16,19)(H,17,20). The van der Waals surface area contributed by atoms with E-state index in [1.54, 1.807) is 18.2 Å². The van der Waals surface area contributed by atoms with Gasteiger partial charge in [-0.25, -0.2) is 0 Å². The van der Waals surface area contributed by atoms with Crippen LogP contribution in [0.4, 0.5) is 5.69 Å². The van der Waals surface area contributed by atoms with Crippen LogP contribution in [0.1, 0.15) is 29.8 Å². The summed E-state index contributed by atoms with van der Waals surface area (Å²) in [5.41, 5.74) is 12.4. The van der Waals surface area contributed by atoms with E-state index in [9.17, 15) is 9.59 Å². The van der Waals surface area contributed by atoms with Crippen molar-refractivity contribution >= 4 is 17.5 Å². The highest BCUT2D eigenvalue weighted by atomic mass is 16.2. The van der Waals surface area contributed by atoms with Crippen LogP contribution < -0.4 is 16.8 Å². The van der Waals surface area contributed by atoms with E-state index < -0.39 is 11.4 Å². The molecule has 2 rings (SSSR count). The normalized spacial score (nSPS) is 18.6. The Morgan fingerprint density at radius 1 is 1.45 bits per heavy atom. The molecule has 1 aromatic rings. The number of carbonyl (C=O) groups is 2. The lowest BCUT2D eigenvalue weighted by molar-refractivity contribution is -0.135. The molecule has 0 radical (unpaired) electrons. The van der Waals surface area contributed by atoms with Crippen LogP contribution in [0.5, 0.6) is 0 Å². The van der Waals surface area contributed by atoms with Crippen LogP contribution in [0, 0.1) is 0 Å². The van der Waals surface area contributed by atoms with E-state index in [0.717, 1.165) is 12.1 Å². The molecule has 20 heavy (non-hydrogen) atoms. The van der Waals surface area contributed by atoms with Gasteiger partial charge in [-0.3, -0.25) is 14.5 Å². The van der Waals surface area contributed by atoms with Gasteiger partial charge in [-0.1, -0.05) is 6.07 Å². The van der Waals surface area contributed by atoms with Crippen molar-refractivity contribution in [2.45, 2.75) is 25.9 Å². The SMILES string of the molecule is CC1(C)C(=O)NCCN1Cc1ccc(C(N)=O)cc1N. The third-order valence-electron chi connectivity index (χ3n) is 3.81. The zero-order chi connectivity index (χ0) is 14.9. The number of nitrogens with zero attached hydrogens (tertiary/aromatic N) is 1. The number of carbonyl (C=O) groups excluding carboxylic acids is 2. The van der Waals surface area contributed by atoms with Crippen molar-refractivity contribution in [3.8, 4) is 0 Å². The number of nitrogens with one attached hydrogen (secondary N) is 1. The van der Waals surface area contributed by atoms with Gasteiger partial charge in [0.1, 0.15) is 0 Å². The Bertz CT molecular complexity index is 554. The number of rotatable bonds is 3. The molecule has 1 heterocycles. The second kappa shape index (κ2) is 5.13. The van der Waals surface area contributed by atoms with E-state index in [2.05, 4.69) is 10.2 Å². The summed E-state index contributed by atoms with van der Waals surface area (Å²) in [5.74, 6) is -0.489. The Morgan fingerprint density at radius 2 is 2.15 bits per heavy atom. The molecule has 1 fully saturated rings. The van der Waals surface area contributed by atoms with Gasteiger partial charge in [0.2, 0.25) is 11.8 Å². The fourth-order valence-corrected chi connectivity index (χ4v) is 2.32. The van der Waals surface area contributed by atoms with Crippen molar-refractivity contribution in [2.24, 2.45) is 5.73 Å². The first kappa shape index (κ1) is 14.3. The molecule has 1 aliphatic heterocycles. The van der Waals surface area contributed by atoms with Crippen LogP contribution in [-0.2, 0) is 11.3 Å². The molecule has 108 valence electrons. The highest BCUT2D eigenvalue weighted by Crippen LogP contribution is 2.23. The van der Waals surface area contributed by atoms with Crippen molar-refractivity contribution in [2.75, 3.05) is 18.8 Å². The highest BCUT2D eigenvalue weighted by molar-refractivity contribution is 5.93. The fourth-order valence-electron chi connectivity index (χ4n) is 2.32. The largest absolute Gasteiger partial charge is 0.398 e. The van der Waals surface area contributed by atoms with E-state index in [0.29, 0.717) is 24.3 Å². The molecule has 1 saturated heterocycles. The van der Waals surface area contributed by atoms with E-state index in [1.807, 2.05) is 13.8 Å². The van der Waals surface area contributed by atoms with Crippen LogP contribution in [0.2, 0.25) is 0 Å². The molecule has 0 atom stereocenters. The van der Waals surface area contributed by atoms with Gasteiger partial charge in [0.05, 0.1) is 5.54 Å². The number of benzene rings is 1. The molecule has 6 heteroatoms. The maximum Gasteiger partial charge on any atom is 0.248 e. The maximum absolute atomic E-state index is 11.9. The summed E-state index contributed by atoms with van der Waals surface area (Å²) in [7, 11) is 0. The Morgan fingerprint density at radius 3 is 2.75 bits per heavy atom. The topological polar surface area (TPSA) is 101 Å². The minimum atomic E-state index is -0.576. The second-order valence-corrected chi connectivity index (χ2v) is 5.51. The first-order chi connectivity index (χ1) is 9.32. The molecule has 0 bridgehead atoms. The molecule has 0 spiro atoms. The van der Waals surface area contributed by atoms with Crippen LogP contribution >= 0.6 is 0 Å². The van der Waals surface area contributed by atoms with Gasteiger partial charge in [0.15, 0.2) is 0 Å². The quantitative estimate of drug-likeness (QED) is 0.680. The lowest BCUT2D eigenvalue weighted by Gasteiger charge is -2.41. The van der Waals surface area contributed by atoms with Crippen molar-refractivity contribution in [1.82, 2.24) is 10.2 Å². The lowest BCUT2D eigenvalue weighted by Crippen LogP contribution is -2.61. The van der Waals surface area contributed by atoms with Crippen molar-refractivity contribution in [1.29, 1.82) is 0 Å². The van der Waals surface area contributed by atoms with Gasteiger partial charge in [-0.2, -0.15) is 0 Å². The molecule has 6 nitrogen and oxygen atoms in total. The molecule has 1 aliphatic rings. The fraction of sp³-hybridized carbons (Fsp3) is 0.429. The smallest absolute Gasteiger partial charge is 0.248 e. The molecule has 1 aromatic carbocycles. The molecule has 5 N–H and O–H groups in total. The summed E-state index contributed by atoms with van der Waals surface area (Å²) in [5, 5.41) is 2.85. The molecular weight excluding hydrogens is 256 g/mol. The molecular formula is C14H20N4O2. The van der Waals surface area contributed by atoms with Gasteiger partial charge in [-0.05, 0) is 31.5 Å². The number of anilines is 1. The number of hydrogen-bond donors (Lipinski definition) is 3. The van der Waals surface area contributed by atoms with E-state index in [-0.39, 0.29) is 5.91 Å². The van der Waals surface area contributed by atoms with E-state index in [1.165, 1.54) is 0 Å². The van der Waals surface area contributed by atoms with Crippen LogP contribution in [0.3, 0.4) is 0 Å². The van der Waals surface area contributed by atoms with E-state index >= 15 is 0 Å². The Kier molecular flexibility index (Phi) is 3.67. The predicted molar refractivity (Wildman–Crippen MR) is 76.9 cm³/mol. The maximum atomic E-state index is 11.9. The Labute approximate surface area is 118 Å². The summed E-state index contributed by atoms with van der Waals surface area (Å²) in [6.45, 7) is 5.72. The third-order valence-corrected chi connectivity index (χ3v) is 3.81. The van der Waals surface area contributed by atoms with Crippen molar-refractivity contribution < 1.29 is 9.59 Å². The van der Waals surface area contributed by atoms with Crippen LogP contribution in [0.25, 0.3) is 0 Å². The minimum Gasteiger partial charge on any atom is -0.398 e. The molecule has 0 saturated carbocycles. The van der Waals surface area contributed by atoms with E-state index in [4.69, 9.17) is 11.5 Å². The molecule has 2 amide bonds. The average Bonchev–Trinajstić information content (AvgIpc) is 2.37. The summed E-state index contributed by atoms with van der Waals surface area (Å²) < 4.78 is 0. The van der Waals surface area contributed by atoms with Gasteiger partial charge in [0.25, 0.3) is 0 Å². The van der Waals surface area contributed by atoms with Gasteiger partial charge in [0, 0.05) is 30.9 Å². The van der Waals surface area contributed by atoms with Crippen LogP contribution in [-0.4, -0.2) is 35.3 Å². The second-order valence-electron chi connectivity index (χ2n) is 5.51. The first-order valence-corrected chi connectivity index (χ1v) is 6.54. The number of nitrogens with two attached hydrogens (primary N) is 2. The first-order valence-electron chi connectivity index (χ1n) is 6.54. The summed E-state index contributed by atoms with van der Waals surface area (Å²) in [4.78, 5) is 25.1. The number of primary amides is 1. The third kappa shape index (κ3) is 2.60. The monoisotopic (exact) mass is 276 g/mol. The predicted octanol–water partition coefficient (Wildman–Crippen LogP) is 0.0781. The highest BCUT2D eigenvalue weighted by Gasteiger charge is 2.37. The average molecular weight is 276 g/mol. The molecule has 0 unspecified atom stereocenters. The van der Waals surface area contributed by atoms with Gasteiger partial charge in [-0.15, -0.1) is 0 Å².